The van der Waals surface area contributed by atoms with E-state index in [0.29, 0.717) is 25.2 Å². The highest BCUT2D eigenvalue weighted by Crippen LogP contribution is 2.44. The Morgan fingerprint density at radius 2 is 1.91 bits per heavy atom. The van der Waals surface area contributed by atoms with Crippen LogP contribution in [-0.4, -0.2) is 77.5 Å². The average molecular weight is 626 g/mol. The molecule has 0 amide bonds. The van der Waals surface area contributed by atoms with E-state index in [0.717, 1.165) is 16.8 Å². The van der Waals surface area contributed by atoms with Gasteiger partial charge in [0.15, 0.2) is 12.0 Å². The van der Waals surface area contributed by atoms with Crippen molar-refractivity contribution in [3.8, 4) is 0 Å². The predicted molar refractivity (Wildman–Crippen MR) is 166 cm³/mol. The number of aromatic nitrogens is 1. The highest BCUT2D eigenvalue weighted by molar-refractivity contribution is 5.78. The Bertz CT molecular complexity index is 1360. The minimum absolute atomic E-state index is 0.0130. The van der Waals surface area contributed by atoms with Crippen molar-refractivity contribution >= 4 is 18.0 Å². The molecule has 3 saturated heterocycles. The maximum atomic E-state index is 13.4. The molecule has 2 bridgehead atoms. The number of nitrogens with zero attached hydrogens (tertiary/aromatic N) is 1. The molecule has 45 heavy (non-hydrogen) atoms. The van der Waals surface area contributed by atoms with Crippen LogP contribution in [0.5, 0.6) is 0 Å². The summed E-state index contributed by atoms with van der Waals surface area (Å²) in [7, 11) is 1.63. The normalized spacial score (nSPS) is 37.3. The quantitative estimate of drug-likeness (QED) is 0.190. The Labute approximate surface area is 265 Å². The van der Waals surface area contributed by atoms with Crippen LogP contribution in [0.1, 0.15) is 71.9 Å². The molecule has 0 aromatic carbocycles. The molecular weight excluding hydrogens is 578 g/mol. The minimum atomic E-state index is -0.905. The molecule has 0 unspecified atom stereocenters. The zero-order valence-electron chi connectivity index (χ0n) is 27.3. The first-order valence-corrected chi connectivity index (χ1v) is 16.0. The molecule has 1 aromatic heterocycles. The van der Waals surface area contributed by atoms with Gasteiger partial charge in [-0.3, -0.25) is 4.79 Å². The summed E-state index contributed by atoms with van der Waals surface area (Å²) in [6.45, 7) is 11.6. The Hall–Kier alpha value is -3.05. The number of cyclic esters (lactones) is 1. The van der Waals surface area contributed by atoms with E-state index in [9.17, 15) is 14.7 Å². The molecular formula is C35H47NO9. The van der Waals surface area contributed by atoms with Gasteiger partial charge in [-0.25, -0.2) is 9.78 Å². The smallest absolute Gasteiger partial charge is 0.338 e. The summed E-state index contributed by atoms with van der Waals surface area (Å²) < 4.78 is 34.7. The lowest BCUT2D eigenvalue weighted by atomic mass is 9.84. The summed E-state index contributed by atoms with van der Waals surface area (Å²) in [6.07, 6.45) is 11.7. The van der Waals surface area contributed by atoms with Gasteiger partial charge in [0, 0.05) is 38.7 Å². The summed E-state index contributed by atoms with van der Waals surface area (Å²) >= 11 is 0. The van der Waals surface area contributed by atoms with Crippen molar-refractivity contribution in [1.82, 2.24) is 4.98 Å². The van der Waals surface area contributed by atoms with Crippen molar-refractivity contribution in [3.05, 3.63) is 59.4 Å². The van der Waals surface area contributed by atoms with Crippen molar-refractivity contribution < 1.29 is 42.8 Å². The lowest BCUT2D eigenvalue weighted by Gasteiger charge is -2.33. The number of carbonyl (C=O) groups is 2. The number of aliphatic hydroxyl groups is 1. The van der Waals surface area contributed by atoms with E-state index in [1.807, 2.05) is 71.1 Å². The summed E-state index contributed by atoms with van der Waals surface area (Å²) in [5.74, 6) is -0.316. The van der Waals surface area contributed by atoms with Crippen LogP contribution in [-0.2, 0) is 33.3 Å². The second-order valence-corrected chi connectivity index (χ2v) is 13.3. The number of fused-ring (bicyclic) bond motifs is 4. The van der Waals surface area contributed by atoms with E-state index in [-0.39, 0.29) is 48.5 Å². The maximum Gasteiger partial charge on any atom is 0.338 e. The first-order valence-electron chi connectivity index (χ1n) is 16.0. The minimum Gasteiger partial charge on any atom is -0.462 e. The fraction of sp³-hybridized carbons (Fsp3) is 0.629. The summed E-state index contributed by atoms with van der Waals surface area (Å²) in [6, 6.07) is 0. The Morgan fingerprint density at radius 1 is 1.16 bits per heavy atom. The van der Waals surface area contributed by atoms with E-state index in [1.54, 1.807) is 20.3 Å². The molecule has 0 radical (unpaired) electrons. The number of oxazole rings is 1. The molecule has 5 heterocycles. The number of ether oxygens (including phenoxy) is 5. The third-order valence-corrected chi connectivity index (χ3v) is 9.63. The van der Waals surface area contributed by atoms with Gasteiger partial charge in [0.1, 0.15) is 35.9 Å². The molecule has 10 nitrogen and oxygen atoms in total. The van der Waals surface area contributed by atoms with Crippen LogP contribution < -0.4 is 0 Å². The van der Waals surface area contributed by atoms with Gasteiger partial charge >= 0.3 is 11.9 Å². The number of rotatable bonds is 7. The largest absolute Gasteiger partial charge is 0.462 e. The topological polar surface area (TPSA) is 133 Å². The van der Waals surface area contributed by atoms with Gasteiger partial charge in [-0.05, 0) is 56.8 Å². The van der Waals surface area contributed by atoms with E-state index in [1.165, 1.54) is 0 Å². The SMILES string of the molecule is CO[C@H](/C(C)=C/C=C/C(C)=C/c1coc(C)n1)[C@H](C)[C@H]1C[C@@H](O)[C@@]2(C)O[C@H]2C=C[C@@H](C)[C@@H]2C[C@@H](CC(=O)O2)C[C@H]2O[C@@H]2C(=O)O1. The molecule has 3 fully saturated rings. The molecule has 1 aromatic rings. The molecule has 5 rings (SSSR count). The van der Waals surface area contributed by atoms with Crippen molar-refractivity contribution in [2.45, 2.75) is 116 Å². The molecule has 11 atom stereocenters. The van der Waals surface area contributed by atoms with E-state index in [2.05, 4.69) is 4.98 Å². The first kappa shape index (κ1) is 33.3. The number of methoxy groups -OCH3 is 1. The maximum absolute atomic E-state index is 13.4. The third-order valence-electron chi connectivity index (χ3n) is 9.63. The molecule has 246 valence electrons. The zero-order chi connectivity index (χ0) is 32.5. The fourth-order valence-electron chi connectivity index (χ4n) is 6.64. The summed E-state index contributed by atoms with van der Waals surface area (Å²) in [5.41, 5.74) is 1.86. The highest BCUT2D eigenvalue weighted by atomic mass is 16.6. The van der Waals surface area contributed by atoms with Gasteiger partial charge in [-0.1, -0.05) is 44.2 Å². The average Bonchev–Trinajstić information content (AvgIpc) is 3.86. The van der Waals surface area contributed by atoms with Crippen molar-refractivity contribution in [2.75, 3.05) is 7.11 Å². The van der Waals surface area contributed by atoms with E-state index < -0.39 is 36.0 Å². The van der Waals surface area contributed by atoms with Gasteiger partial charge in [-0.15, -0.1) is 0 Å². The van der Waals surface area contributed by atoms with Crippen molar-refractivity contribution in [1.29, 1.82) is 0 Å². The number of carbonyl (C=O) groups excluding carboxylic acids is 2. The summed E-state index contributed by atoms with van der Waals surface area (Å²) in [5, 5.41) is 11.4. The predicted octanol–water partition coefficient (Wildman–Crippen LogP) is 5.05. The summed E-state index contributed by atoms with van der Waals surface area (Å²) in [4.78, 5) is 30.1. The molecule has 1 N–H and O–H groups in total. The second kappa shape index (κ2) is 13.7. The number of epoxide rings is 2. The number of esters is 2. The van der Waals surface area contributed by atoms with E-state index >= 15 is 0 Å². The van der Waals surface area contributed by atoms with Crippen LogP contribution in [0.4, 0.5) is 0 Å². The van der Waals surface area contributed by atoms with Gasteiger partial charge in [0.05, 0.1) is 18.3 Å². The molecule has 0 aliphatic carbocycles. The monoisotopic (exact) mass is 625 g/mol. The van der Waals surface area contributed by atoms with E-state index in [4.69, 9.17) is 28.1 Å². The lowest BCUT2D eigenvalue weighted by molar-refractivity contribution is -0.159. The standard InChI is InChI=1S/C35H47NO9/c1-19(13-25-18-41-23(5)36-25)9-8-10-21(3)32(40-7)22(4)27-17-29(37)35(6)30(45-35)12-11-20(2)26-14-24(16-31(38)42-26)15-28-33(43-28)34(39)44-27/h8-13,18,20,22,24,26-30,32-33,37H,14-17H2,1-7H3/b9-8+,12-11?,19-13+,21-10+/t20-,22-,24-,26+,27-,28-,29-,30+,32-,33+,35-/m1/s1. The van der Waals surface area contributed by atoms with Crippen molar-refractivity contribution in [2.24, 2.45) is 17.8 Å². The first-order chi connectivity index (χ1) is 21.4. The van der Waals surface area contributed by atoms with Crippen LogP contribution in [0.2, 0.25) is 0 Å². The molecule has 0 saturated carbocycles. The highest BCUT2D eigenvalue weighted by Gasteiger charge is 2.57. The van der Waals surface area contributed by atoms with Gasteiger partial charge in [-0.2, -0.15) is 0 Å². The number of aryl methyl sites for hydroxylation is 1. The number of aliphatic hydroxyl groups excluding tert-OH is 1. The Morgan fingerprint density at radius 3 is 2.62 bits per heavy atom. The Balaban J connectivity index is 1.33. The molecule has 10 heteroatoms. The van der Waals surface area contributed by atoms with Crippen LogP contribution >= 0.6 is 0 Å². The number of allylic oxidation sites excluding steroid dienone is 4. The number of hydrogen-bond acceptors (Lipinski definition) is 10. The van der Waals surface area contributed by atoms with Crippen LogP contribution in [0.15, 0.2) is 52.2 Å². The number of hydrogen-bond donors (Lipinski definition) is 1. The van der Waals surface area contributed by atoms with Crippen LogP contribution in [0, 0.1) is 24.7 Å². The second-order valence-electron chi connectivity index (χ2n) is 13.3. The zero-order valence-corrected chi connectivity index (χ0v) is 27.3. The van der Waals surface area contributed by atoms with Crippen LogP contribution in [0.3, 0.4) is 0 Å². The lowest BCUT2D eigenvalue weighted by Crippen LogP contribution is -2.42. The Kier molecular flexibility index (Phi) is 10.2. The molecule has 4 aliphatic heterocycles. The van der Waals surface area contributed by atoms with Gasteiger partial charge in [0.25, 0.3) is 0 Å². The molecule has 4 aliphatic rings. The van der Waals surface area contributed by atoms with Gasteiger partial charge in [0.2, 0.25) is 0 Å². The fourth-order valence-corrected chi connectivity index (χ4v) is 6.64. The third kappa shape index (κ3) is 8.03. The molecule has 0 spiro atoms. The van der Waals surface area contributed by atoms with Crippen LogP contribution in [0.25, 0.3) is 6.08 Å². The van der Waals surface area contributed by atoms with Crippen molar-refractivity contribution in [3.63, 3.8) is 0 Å². The van der Waals surface area contributed by atoms with Gasteiger partial charge < -0.3 is 33.2 Å².